The van der Waals surface area contributed by atoms with Crippen molar-refractivity contribution in [1.29, 1.82) is 0 Å². The summed E-state index contributed by atoms with van der Waals surface area (Å²) in [6, 6.07) is 6.91. The normalized spacial score (nSPS) is 10.5. The van der Waals surface area contributed by atoms with Gasteiger partial charge in [0, 0.05) is 23.8 Å². The Morgan fingerprint density at radius 1 is 1.60 bits per heavy atom. The van der Waals surface area contributed by atoms with Crippen molar-refractivity contribution in [3.63, 3.8) is 0 Å². The van der Waals surface area contributed by atoms with Crippen LogP contribution in [0.4, 0.5) is 0 Å². The van der Waals surface area contributed by atoms with Gasteiger partial charge in [-0.3, -0.25) is 3.59 Å². The molecule has 2 aromatic heterocycles. The Balaban J connectivity index is 2.93. The van der Waals surface area contributed by atoms with Gasteiger partial charge in [-0.15, -0.1) is 0 Å². The summed E-state index contributed by atoms with van der Waals surface area (Å²) in [6.45, 7) is 0. The van der Waals surface area contributed by atoms with Crippen LogP contribution in [0.5, 0.6) is 0 Å². The van der Waals surface area contributed by atoms with Gasteiger partial charge in [0.25, 0.3) is 0 Å². The maximum absolute atomic E-state index is 4.13. The molecule has 0 aliphatic carbocycles. The predicted octanol–water partition coefficient (Wildman–Crippen LogP) is 1.99. The van der Waals surface area contributed by atoms with Crippen LogP contribution in [0.15, 0.2) is 24.5 Å². The molecule has 2 nitrogen and oxygen atoms in total. The van der Waals surface area contributed by atoms with Crippen LogP contribution in [0.2, 0.25) is 0 Å². The third-order valence-electron chi connectivity index (χ3n) is 1.32. The lowest BCUT2D eigenvalue weighted by Gasteiger charge is -1.88. The molecule has 0 atom stereocenters. The number of nitrogens with zero attached hydrogens (tertiary/aromatic N) is 2. The topological polar surface area (TPSA) is 17.8 Å². The molecule has 49 valence electrons. The summed E-state index contributed by atoms with van der Waals surface area (Å²) in [5, 5.41) is 1.03. The Hall–Kier alpha value is -0.830. The molecule has 3 heteroatoms. The first-order chi connectivity index (χ1) is 4.88. The SMILES string of the molecule is Brn1c[c]c2cccnc21. The van der Waals surface area contributed by atoms with Gasteiger partial charge >= 0.3 is 0 Å². The molecule has 2 rings (SSSR count). The number of pyridine rings is 1. The van der Waals surface area contributed by atoms with E-state index in [1.54, 1.807) is 16.0 Å². The van der Waals surface area contributed by atoms with E-state index in [1.165, 1.54) is 0 Å². The summed E-state index contributed by atoms with van der Waals surface area (Å²) >= 11 is 3.29. The van der Waals surface area contributed by atoms with E-state index in [9.17, 15) is 0 Å². The highest BCUT2D eigenvalue weighted by Crippen LogP contribution is 2.12. The van der Waals surface area contributed by atoms with Gasteiger partial charge in [0.15, 0.2) is 5.65 Å². The molecular formula is C7H4BrN2. The summed E-state index contributed by atoms with van der Waals surface area (Å²) in [4.78, 5) is 4.13. The van der Waals surface area contributed by atoms with Crippen LogP contribution in [0.3, 0.4) is 0 Å². The first-order valence-electron chi connectivity index (χ1n) is 2.88. The molecule has 2 heterocycles. The Bertz CT molecular complexity index is 353. The fourth-order valence-corrected chi connectivity index (χ4v) is 1.25. The third-order valence-corrected chi connectivity index (χ3v) is 1.86. The molecule has 0 spiro atoms. The smallest absolute Gasteiger partial charge is 0.150 e. The van der Waals surface area contributed by atoms with Crippen molar-refractivity contribution in [1.82, 2.24) is 8.58 Å². The largest absolute Gasteiger partial charge is 0.267 e. The average Bonchev–Trinajstić information content (AvgIpc) is 2.34. The minimum Gasteiger partial charge on any atom is -0.267 e. The molecular weight excluding hydrogens is 192 g/mol. The summed E-state index contributed by atoms with van der Waals surface area (Å²) in [5.74, 6) is 0. The summed E-state index contributed by atoms with van der Waals surface area (Å²) in [5.41, 5.74) is 0.905. The summed E-state index contributed by atoms with van der Waals surface area (Å²) < 4.78 is 1.77. The molecule has 0 aliphatic rings. The van der Waals surface area contributed by atoms with Crippen LogP contribution in [-0.4, -0.2) is 8.58 Å². The standard InChI is InChI=1S/C7H4BrN2/c8-10-5-3-6-2-1-4-9-7(6)10/h1-2,4-5H. The number of hydrogen-bond donors (Lipinski definition) is 0. The van der Waals surface area contributed by atoms with Gasteiger partial charge in [0.05, 0.1) is 16.1 Å². The molecule has 1 radical (unpaired) electrons. The fraction of sp³-hybridized carbons (Fsp3) is 0. The van der Waals surface area contributed by atoms with Crippen LogP contribution in [0.25, 0.3) is 11.0 Å². The Morgan fingerprint density at radius 3 is 3.30 bits per heavy atom. The second kappa shape index (κ2) is 2.09. The lowest BCUT2D eigenvalue weighted by molar-refractivity contribution is 1.28. The van der Waals surface area contributed by atoms with Gasteiger partial charge in [-0.2, -0.15) is 0 Å². The van der Waals surface area contributed by atoms with E-state index in [0.717, 1.165) is 11.0 Å². The van der Waals surface area contributed by atoms with Gasteiger partial charge in [0.2, 0.25) is 0 Å². The molecule has 0 saturated heterocycles. The quantitative estimate of drug-likeness (QED) is 0.629. The maximum Gasteiger partial charge on any atom is 0.150 e. The van der Waals surface area contributed by atoms with Crippen molar-refractivity contribution in [2.45, 2.75) is 0 Å². The number of halogens is 1. The highest BCUT2D eigenvalue weighted by atomic mass is 79.9. The number of aromatic nitrogens is 2. The summed E-state index contributed by atoms with van der Waals surface area (Å²) in [7, 11) is 0. The zero-order valence-corrected chi connectivity index (χ0v) is 6.67. The van der Waals surface area contributed by atoms with E-state index in [0.29, 0.717) is 0 Å². The van der Waals surface area contributed by atoms with Crippen molar-refractivity contribution >= 4 is 27.2 Å². The van der Waals surface area contributed by atoms with E-state index < -0.39 is 0 Å². The van der Waals surface area contributed by atoms with Gasteiger partial charge in [-0.25, -0.2) is 4.98 Å². The Kier molecular flexibility index (Phi) is 1.24. The highest BCUT2D eigenvalue weighted by Gasteiger charge is 1.96. The molecule has 0 unspecified atom stereocenters. The second-order valence-corrected chi connectivity index (χ2v) is 2.72. The molecule has 0 amide bonds. The minimum absolute atomic E-state index is 0.905. The molecule has 0 aromatic carbocycles. The van der Waals surface area contributed by atoms with Crippen molar-refractivity contribution < 1.29 is 0 Å². The first kappa shape index (κ1) is 5.92. The monoisotopic (exact) mass is 195 g/mol. The van der Waals surface area contributed by atoms with E-state index in [-0.39, 0.29) is 0 Å². The van der Waals surface area contributed by atoms with E-state index in [2.05, 4.69) is 27.2 Å². The molecule has 10 heavy (non-hydrogen) atoms. The molecule has 0 aliphatic heterocycles. The van der Waals surface area contributed by atoms with Crippen LogP contribution >= 0.6 is 16.1 Å². The fourth-order valence-electron chi connectivity index (χ4n) is 0.867. The molecule has 0 N–H and O–H groups in total. The molecule has 0 bridgehead atoms. The van der Waals surface area contributed by atoms with Crippen LogP contribution in [-0.2, 0) is 0 Å². The first-order valence-corrected chi connectivity index (χ1v) is 3.59. The van der Waals surface area contributed by atoms with Gasteiger partial charge in [0.1, 0.15) is 0 Å². The minimum atomic E-state index is 0.905. The van der Waals surface area contributed by atoms with Crippen molar-refractivity contribution in [2.75, 3.05) is 0 Å². The average molecular weight is 196 g/mol. The van der Waals surface area contributed by atoms with Crippen LogP contribution in [0.1, 0.15) is 0 Å². The zero-order valence-electron chi connectivity index (χ0n) is 5.08. The number of rotatable bonds is 0. The molecule has 0 saturated carbocycles. The number of fused-ring (bicyclic) bond motifs is 1. The molecule has 0 fully saturated rings. The van der Waals surface area contributed by atoms with E-state index >= 15 is 0 Å². The molecule has 2 aromatic rings. The third kappa shape index (κ3) is 0.743. The second-order valence-electron chi connectivity index (χ2n) is 1.96. The van der Waals surface area contributed by atoms with Crippen molar-refractivity contribution in [2.24, 2.45) is 0 Å². The summed E-state index contributed by atoms with van der Waals surface area (Å²) in [6.07, 6.45) is 3.56. The Morgan fingerprint density at radius 2 is 2.50 bits per heavy atom. The predicted molar refractivity (Wildman–Crippen MR) is 42.9 cm³/mol. The van der Waals surface area contributed by atoms with E-state index in [1.807, 2.05) is 12.1 Å². The number of hydrogen-bond acceptors (Lipinski definition) is 1. The Labute approximate surface area is 66.8 Å². The van der Waals surface area contributed by atoms with Crippen molar-refractivity contribution in [3.8, 4) is 0 Å². The lowest BCUT2D eigenvalue weighted by atomic mass is 10.3. The maximum atomic E-state index is 4.13. The van der Waals surface area contributed by atoms with Gasteiger partial charge in [-0.05, 0) is 12.1 Å². The lowest BCUT2D eigenvalue weighted by Crippen LogP contribution is -1.78. The van der Waals surface area contributed by atoms with E-state index in [4.69, 9.17) is 0 Å². The van der Waals surface area contributed by atoms with Crippen LogP contribution in [0, 0.1) is 6.07 Å². The van der Waals surface area contributed by atoms with Crippen LogP contribution < -0.4 is 0 Å². The zero-order chi connectivity index (χ0) is 6.97. The highest BCUT2D eigenvalue weighted by molar-refractivity contribution is 9.08. The van der Waals surface area contributed by atoms with Gasteiger partial charge < -0.3 is 0 Å². The van der Waals surface area contributed by atoms with Crippen molar-refractivity contribution in [3.05, 3.63) is 30.6 Å². The van der Waals surface area contributed by atoms with Gasteiger partial charge in [-0.1, -0.05) is 0 Å².